The van der Waals surface area contributed by atoms with Gasteiger partial charge < -0.3 is 24.3 Å². The van der Waals surface area contributed by atoms with Gasteiger partial charge in [0.15, 0.2) is 23.0 Å². The highest BCUT2D eigenvalue weighted by atomic mass is 16.5. The molecule has 7 nitrogen and oxygen atoms in total. The summed E-state index contributed by atoms with van der Waals surface area (Å²) in [4.78, 5) is 18.9. The number of hydrogen-bond donors (Lipinski definition) is 1. The van der Waals surface area contributed by atoms with E-state index in [0.717, 1.165) is 47.2 Å². The number of amides is 1. The van der Waals surface area contributed by atoms with Gasteiger partial charge in [-0.15, -0.1) is 0 Å². The van der Waals surface area contributed by atoms with Crippen molar-refractivity contribution < 1.29 is 23.7 Å². The number of methoxy groups -OCH3 is 4. The Balaban J connectivity index is 1.39. The van der Waals surface area contributed by atoms with Crippen LogP contribution in [0.25, 0.3) is 10.8 Å². The fourth-order valence-corrected chi connectivity index (χ4v) is 9.53. The summed E-state index contributed by atoms with van der Waals surface area (Å²) < 4.78 is 22.3. The molecule has 218 valence electrons. The molecule has 2 unspecified atom stereocenters. The molecule has 4 aliphatic rings. The summed E-state index contributed by atoms with van der Waals surface area (Å²) in [5.41, 5.74) is 2.38. The second-order valence-electron chi connectivity index (χ2n) is 13.5. The highest BCUT2D eigenvalue weighted by Crippen LogP contribution is 2.70. The third-order valence-electron chi connectivity index (χ3n) is 9.90. The minimum absolute atomic E-state index is 0.0674. The third-order valence-corrected chi connectivity index (χ3v) is 9.90. The molecule has 1 amide bonds. The number of rotatable bonds is 9. The highest BCUT2D eigenvalue weighted by molar-refractivity contribution is 5.89. The summed E-state index contributed by atoms with van der Waals surface area (Å²) >= 11 is 0. The summed E-state index contributed by atoms with van der Waals surface area (Å²) in [7, 11) is 6.50. The molecule has 0 radical (unpaired) electrons. The van der Waals surface area contributed by atoms with Gasteiger partial charge in [-0.2, -0.15) is 0 Å². The van der Waals surface area contributed by atoms with E-state index in [9.17, 15) is 4.79 Å². The van der Waals surface area contributed by atoms with Crippen molar-refractivity contribution in [1.29, 1.82) is 0 Å². The molecule has 3 aromatic rings. The molecule has 7 heteroatoms. The van der Waals surface area contributed by atoms with Gasteiger partial charge in [0, 0.05) is 18.0 Å². The van der Waals surface area contributed by atoms with E-state index in [-0.39, 0.29) is 11.3 Å². The van der Waals surface area contributed by atoms with E-state index in [4.69, 9.17) is 23.9 Å². The van der Waals surface area contributed by atoms with Crippen LogP contribution in [0.1, 0.15) is 76.1 Å². The van der Waals surface area contributed by atoms with E-state index in [1.54, 1.807) is 34.6 Å². The topological polar surface area (TPSA) is 78.9 Å². The zero-order valence-corrected chi connectivity index (χ0v) is 25.1. The van der Waals surface area contributed by atoms with Crippen LogP contribution < -0.4 is 24.3 Å². The zero-order chi connectivity index (χ0) is 29.0. The van der Waals surface area contributed by atoms with Crippen LogP contribution in [0.4, 0.5) is 0 Å². The number of benzene rings is 2. The Morgan fingerprint density at radius 2 is 1.49 bits per heavy atom. The van der Waals surface area contributed by atoms with Gasteiger partial charge in [0.2, 0.25) is 5.91 Å². The zero-order valence-electron chi connectivity index (χ0n) is 25.1. The highest BCUT2D eigenvalue weighted by Gasteiger charge is 2.60. The Kier molecular flexibility index (Phi) is 6.82. The predicted octanol–water partition coefficient (Wildman–Crippen LogP) is 6.86. The van der Waals surface area contributed by atoms with Crippen LogP contribution in [0.15, 0.2) is 42.6 Å². The van der Waals surface area contributed by atoms with Crippen LogP contribution in [0.3, 0.4) is 0 Å². The van der Waals surface area contributed by atoms with Gasteiger partial charge in [-0.1, -0.05) is 19.9 Å². The van der Waals surface area contributed by atoms with Crippen molar-refractivity contribution in [3.63, 3.8) is 0 Å². The average Bonchev–Trinajstić information content (AvgIpc) is 2.92. The molecular weight excluding hydrogens is 516 g/mol. The minimum atomic E-state index is -0.496. The Labute approximate surface area is 242 Å². The van der Waals surface area contributed by atoms with Gasteiger partial charge in [0.05, 0.1) is 40.2 Å². The average molecular weight is 559 g/mol. The summed E-state index contributed by atoms with van der Waals surface area (Å²) in [5.74, 6) is 3.30. The quantitative estimate of drug-likeness (QED) is 0.309. The lowest BCUT2D eigenvalue weighted by atomic mass is 9.40. The predicted molar refractivity (Wildman–Crippen MR) is 159 cm³/mol. The van der Waals surface area contributed by atoms with E-state index in [2.05, 4.69) is 19.2 Å². The Hall–Kier alpha value is -3.48. The molecule has 0 saturated heterocycles. The summed E-state index contributed by atoms with van der Waals surface area (Å²) in [6.07, 6.45) is 9.69. The van der Waals surface area contributed by atoms with Crippen LogP contribution in [-0.4, -0.2) is 39.3 Å². The SMILES string of the molecule is COc1ccc([C@H](NC(=O)CC23CC4C[C@@](C)(C2)C[C@](C)(C4)C3)c2nccc3cc(OC)c(OC)cc23)cc1OC. The summed E-state index contributed by atoms with van der Waals surface area (Å²) in [6.45, 7) is 4.91. The van der Waals surface area contributed by atoms with Crippen LogP contribution >= 0.6 is 0 Å². The maximum Gasteiger partial charge on any atom is 0.221 e. The monoisotopic (exact) mass is 558 g/mol. The molecule has 1 heterocycles. The maximum atomic E-state index is 14.1. The van der Waals surface area contributed by atoms with Crippen molar-refractivity contribution in [3.05, 3.63) is 53.9 Å². The number of fused-ring (bicyclic) bond motifs is 1. The lowest BCUT2D eigenvalue weighted by Crippen LogP contribution is -2.56. The number of pyridine rings is 1. The standard InChI is InChI=1S/C34H42N2O5/c1-32-14-21-15-33(2,18-32)20-34(16-21,19-32)17-29(37)36-30(23-7-8-25(38-3)26(12-23)39-4)31-24-13-28(41-6)27(40-5)11-22(24)9-10-35-31/h7-13,21,30H,14-20H2,1-6H3,(H,36,37)/t21?,30-,32-,33+,34?/m0/s1. The van der Waals surface area contributed by atoms with Crippen LogP contribution in [0.5, 0.6) is 23.0 Å². The molecule has 0 aliphatic heterocycles. The van der Waals surface area contributed by atoms with Gasteiger partial charge in [0.1, 0.15) is 0 Å². The number of carbonyl (C=O) groups excluding carboxylic acids is 1. The minimum Gasteiger partial charge on any atom is -0.493 e. The Bertz CT molecular complexity index is 1470. The molecule has 4 bridgehead atoms. The molecule has 4 fully saturated rings. The van der Waals surface area contributed by atoms with Crippen LogP contribution in [-0.2, 0) is 4.79 Å². The van der Waals surface area contributed by atoms with Crippen molar-refractivity contribution in [3.8, 4) is 23.0 Å². The Morgan fingerprint density at radius 1 is 0.854 bits per heavy atom. The Morgan fingerprint density at radius 3 is 2.12 bits per heavy atom. The molecule has 1 aromatic heterocycles. The molecule has 4 saturated carbocycles. The fourth-order valence-electron chi connectivity index (χ4n) is 9.53. The lowest BCUT2D eigenvalue weighted by Gasteiger charge is -2.65. The van der Waals surface area contributed by atoms with Crippen LogP contribution in [0.2, 0.25) is 0 Å². The first kappa shape index (κ1) is 27.7. The van der Waals surface area contributed by atoms with Crippen molar-refractivity contribution in [1.82, 2.24) is 10.3 Å². The van der Waals surface area contributed by atoms with Crippen molar-refractivity contribution >= 4 is 16.7 Å². The van der Waals surface area contributed by atoms with Gasteiger partial charge >= 0.3 is 0 Å². The van der Waals surface area contributed by atoms with E-state index >= 15 is 0 Å². The third kappa shape index (κ3) is 4.98. The molecule has 0 spiro atoms. The van der Waals surface area contributed by atoms with Crippen molar-refractivity contribution in [2.75, 3.05) is 28.4 Å². The molecule has 1 N–H and O–H groups in total. The van der Waals surface area contributed by atoms with Crippen molar-refractivity contribution in [2.45, 2.75) is 64.8 Å². The van der Waals surface area contributed by atoms with Crippen molar-refractivity contribution in [2.24, 2.45) is 22.2 Å². The maximum absolute atomic E-state index is 14.1. The van der Waals surface area contributed by atoms with E-state index in [1.165, 1.54) is 19.3 Å². The first-order valence-corrected chi connectivity index (χ1v) is 14.6. The molecule has 7 rings (SSSR count). The van der Waals surface area contributed by atoms with E-state index in [1.807, 2.05) is 36.4 Å². The first-order chi connectivity index (χ1) is 19.6. The molecule has 5 atom stereocenters. The number of hydrogen-bond acceptors (Lipinski definition) is 6. The second kappa shape index (κ2) is 10.1. The largest absolute Gasteiger partial charge is 0.493 e. The molecule has 41 heavy (non-hydrogen) atoms. The van der Waals surface area contributed by atoms with Gasteiger partial charge in [-0.3, -0.25) is 9.78 Å². The normalized spacial score (nSPS) is 28.8. The van der Waals surface area contributed by atoms with Crippen LogP contribution in [0, 0.1) is 22.2 Å². The van der Waals surface area contributed by atoms with Gasteiger partial charge in [-0.05, 0) is 102 Å². The fraction of sp³-hybridized carbons (Fsp3) is 0.529. The summed E-state index contributed by atoms with van der Waals surface area (Å²) in [6, 6.07) is 11.1. The number of carbonyl (C=O) groups is 1. The molecule has 2 aromatic carbocycles. The van der Waals surface area contributed by atoms with E-state index < -0.39 is 6.04 Å². The number of nitrogens with zero attached hydrogens (tertiary/aromatic N) is 1. The number of ether oxygens (including phenoxy) is 4. The number of aromatic nitrogens is 1. The summed E-state index contributed by atoms with van der Waals surface area (Å²) in [5, 5.41) is 5.27. The number of nitrogens with one attached hydrogen (secondary N) is 1. The second-order valence-corrected chi connectivity index (χ2v) is 13.5. The first-order valence-electron chi connectivity index (χ1n) is 14.6. The lowest BCUT2D eigenvalue weighted by molar-refractivity contribution is -0.156. The van der Waals surface area contributed by atoms with Gasteiger partial charge in [-0.25, -0.2) is 0 Å². The van der Waals surface area contributed by atoms with Gasteiger partial charge in [0.25, 0.3) is 0 Å². The molecule has 4 aliphatic carbocycles. The smallest absolute Gasteiger partial charge is 0.221 e. The molecular formula is C34H42N2O5. The van der Waals surface area contributed by atoms with E-state index in [0.29, 0.717) is 40.2 Å².